The maximum Gasteiger partial charge on any atom is 0.237 e. The van der Waals surface area contributed by atoms with Gasteiger partial charge < -0.3 is 15.4 Å². The quantitative estimate of drug-likeness (QED) is 0.637. The van der Waals surface area contributed by atoms with Crippen LogP contribution < -0.4 is 10.5 Å². The third kappa shape index (κ3) is 6.73. The Bertz CT molecular complexity index is 425. The van der Waals surface area contributed by atoms with Crippen molar-refractivity contribution < 1.29 is 17.9 Å². The van der Waals surface area contributed by atoms with Crippen LogP contribution >= 0.6 is 0 Å². The van der Waals surface area contributed by atoms with Crippen LogP contribution in [0.4, 0.5) is 0 Å². The largest absolute Gasteiger partial charge is 0.378 e. The SMILES string of the molecule is CC(C)OCCS(=O)(=O)NCC(=O)N1CCCCC1CN. The fraction of sp³-hybridized carbons (Fsp3) is 0.923. The van der Waals surface area contributed by atoms with Crippen molar-refractivity contribution in [3.05, 3.63) is 0 Å². The Morgan fingerprint density at radius 1 is 1.43 bits per heavy atom. The van der Waals surface area contributed by atoms with Gasteiger partial charge in [0, 0.05) is 19.1 Å². The molecule has 7 nitrogen and oxygen atoms in total. The number of nitrogens with two attached hydrogens (primary N) is 1. The molecule has 0 radical (unpaired) electrons. The molecule has 1 atom stereocenters. The summed E-state index contributed by atoms with van der Waals surface area (Å²) in [5, 5.41) is 0. The molecule has 124 valence electrons. The van der Waals surface area contributed by atoms with E-state index in [4.69, 9.17) is 10.5 Å². The van der Waals surface area contributed by atoms with Crippen LogP contribution in [0.2, 0.25) is 0 Å². The third-order valence-corrected chi connectivity index (χ3v) is 4.75. The van der Waals surface area contributed by atoms with Gasteiger partial charge in [0.15, 0.2) is 0 Å². The summed E-state index contributed by atoms with van der Waals surface area (Å²) in [4.78, 5) is 13.8. The molecule has 0 aromatic heterocycles. The van der Waals surface area contributed by atoms with Crippen LogP contribution in [0.3, 0.4) is 0 Å². The second-order valence-electron chi connectivity index (χ2n) is 5.53. The van der Waals surface area contributed by atoms with E-state index >= 15 is 0 Å². The zero-order valence-corrected chi connectivity index (χ0v) is 13.7. The molecule has 8 heteroatoms. The van der Waals surface area contributed by atoms with Crippen molar-refractivity contribution in [2.24, 2.45) is 5.73 Å². The van der Waals surface area contributed by atoms with Gasteiger partial charge in [-0.1, -0.05) is 0 Å². The highest BCUT2D eigenvalue weighted by Gasteiger charge is 2.26. The first-order valence-corrected chi connectivity index (χ1v) is 9.09. The summed E-state index contributed by atoms with van der Waals surface area (Å²) >= 11 is 0. The molecule has 1 heterocycles. The normalized spacial score (nSPS) is 20.0. The molecule has 3 N–H and O–H groups in total. The van der Waals surface area contributed by atoms with Gasteiger partial charge in [0.05, 0.1) is 25.0 Å². The fourth-order valence-corrected chi connectivity index (χ4v) is 3.12. The zero-order chi connectivity index (χ0) is 15.9. The lowest BCUT2D eigenvalue weighted by Gasteiger charge is -2.35. The van der Waals surface area contributed by atoms with E-state index in [1.54, 1.807) is 4.90 Å². The molecule has 0 saturated carbocycles. The zero-order valence-electron chi connectivity index (χ0n) is 12.9. The number of hydrogen-bond acceptors (Lipinski definition) is 5. The molecule has 1 unspecified atom stereocenters. The molecular formula is C13H27N3O4S. The molecule has 0 aromatic carbocycles. The summed E-state index contributed by atoms with van der Waals surface area (Å²) < 4.78 is 31.1. The van der Waals surface area contributed by atoms with Crippen LogP contribution in [0.25, 0.3) is 0 Å². The Kier molecular flexibility index (Phi) is 7.58. The van der Waals surface area contributed by atoms with E-state index in [9.17, 15) is 13.2 Å². The lowest BCUT2D eigenvalue weighted by atomic mass is 10.0. The average Bonchev–Trinajstić information content (AvgIpc) is 2.44. The third-order valence-electron chi connectivity index (χ3n) is 3.47. The lowest BCUT2D eigenvalue weighted by molar-refractivity contribution is -0.133. The molecule has 0 spiro atoms. The monoisotopic (exact) mass is 321 g/mol. The number of rotatable bonds is 8. The second-order valence-corrected chi connectivity index (χ2v) is 7.46. The molecule has 1 aliphatic rings. The predicted molar refractivity (Wildman–Crippen MR) is 81.3 cm³/mol. The Hall–Kier alpha value is -0.700. The summed E-state index contributed by atoms with van der Waals surface area (Å²) in [5.74, 6) is -0.350. The van der Waals surface area contributed by atoms with Crippen LogP contribution in [0.5, 0.6) is 0 Å². The first-order chi connectivity index (χ1) is 9.85. The molecule has 1 rings (SSSR count). The number of nitrogens with zero attached hydrogens (tertiary/aromatic N) is 1. The highest BCUT2D eigenvalue weighted by atomic mass is 32.2. The van der Waals surface area contributed by atoms with Crippen LogP contribution in [-0.2, 0) is 19.6 Å². The van der Waals surface area contributed by atoms with Crippen molar-refractivity contribution in [2.75, 3.05) is 32.0 Å². The van der Waals surface area contributed by atoms with Crippen molar-refractivity contribution in [1.29, 1.82) is 0 Å². The average molecular weight is 321 g/mol. The van der Waals surface area contributed by atoms with E-state index in [2.05, 4.69) is 4.72 Å². The maximum atomic E-state index is 12.1. The molecule has 1 aliphatic heterocycles. The number of nitrogens with one attached hydrogen (secondary N) is 1. The molecule has 1 amide bonds. The number of sulfonamides is 1. The minimum absolute atomic E-state index is 0.0134. The van der Waals surface area contributed by atoms with Gasteiger partial charge >= 0.3 is 0 Å². The Morgan fingerprint density at radius 2 is 2.14 bits per heavy atom. The Labute approximate surface area is 127 Å². The molecule has 0 aliphatic carbocycles. The Morgan fingerprint density at radius 3 is 2.76 bits per heavy atom. The number of carbonyl (C=O) groups excluding carboxylic acids is 1. The lowest BCUT2D eigenvalue weighted by Crippen LogP contribution is -2.50. The topological polar surface area (TPSA) is 102 Å². The first kappa shape index (κ1) is 18.3. The van der Waals surface area contributed by atoms with Gasteiger partial charge in [0.2, 0.25) is 15.9 Å². The second kappa shape index (κ2) is 8.67. The minimum Gasteiger partial charge on any atom is -0.378 e. The summed E-state index contributed by atoms with van der Waals surface area (Å²) in [7, 11) is -3.49. The fourth-order valence-electron chi connectivity index (χ4n) is 2.31. The van der Waals surface area contributed by atoms with Crippen molar-refractivity contribution in [1.82, 2.24) is 9.62 Å². The minimum atomic E-state index is -3.49. The Balaban J connectivity index is 2.40. The molecule has 0 bridgehead atoms. The molecule has 1 fully saturated rings. The number of hydrogen-bond donors (Lipinski definition) is 2. The number of likely N-dealkylation sites (tertiary alicyclic amines) is 1. The van der Waals surface area contributed by atoms with E-state index in [1.807, 2.05) is 13.8 Å². The van der Waals surface area contributed by atoms with Gasteiger partial charge in [0.25, 0.3) is 0 Å². The molecule has 0 aromatic rings. The summed E-state index contributed by atoms with van der Waals surface area (Å²) in [6, 6.07) is 0.0278. The van der Waals surface area contributed by atoms with Crippen molar-refractivity contribution in [2.45, 2.75) is 45.3 Å². The van der Waals surface area contributed by atoms with Crippen molar-refractivity contribution >= 4 is 15.9 Å². The van der Waals surface area contributed by atoms with Crippen LogP contribution in [0, 0.1) is 0 Å². The van der Waals surface area contributed by atoms with Crippen molar-refractivity contribution in [3.8, 4) is 0 Å². The smallest absolute Gasteiger partial charge is 0.237 e. The predicted octanol–water partition coefficient (Wildman–Crippen LogP) is -0.329. The van der Waals surface area contributed by atoms with E-state index in [1.165, 1.54) is 0 Å². The molecule has 21 heavy (non-hydrogen) atoms. The standard InChI is InChI=1S/C13H27N3O4S/c1-11(2)20-7-8-21(18,19)15-10-13(17)16-6-4-3-5-12(16)9-14/h11-12,15H,3-10,14H2,1-2H3. The summed E-state index contributed by atoms with van der Waals surface area (Å²) in [6.45, 7) is 4.66. The van der Waals surface area contributed by atoms with Gasteiger partial charge in [-0.05, 0) is 33.1 Å². The molecular weight excluding hydrogens is 294 g/mol. The van der Waals surface area contributed by atoms with E-state index < -0.39 is 10.0 Å². The number of ether oxygens (including phenoxy) is 1. The van der Waals surface area contributed by atoms with E-state index in [-0.39, 0.29) is 37.0 Å². The van der Waals surface area contributed by atoms with Gasteiger partial charge in [-0.15, -0.1) is 0 Å². The number of carbonyl (C=O) groups is 1. The van der Waals surface area contributed by atoms with E-state index in [0.29, 0.717) is 13.1 Å². The summed E-state index contributed by atoms with van der Waals surface area (Å²) in [5.41, 5.74) is 5.66. The van der Waals surface area contributed by atoms with Crippen LogP contribution in [0.15, 0.2) is 0 Å². The van der Waals surface area contributed by atoms with Gasteiger partial charge in [-0.2, -0.15) is 0 Å². The summed E-state index contributed by atoms with van der Waals surface area (Å²) in [6.07, 6.45) is 2.87. The van der Waals surface area contributed by atoms with Crippen LogP contribution in [-0.4, -0.2) is 63.4 Å². The van der Waals surface area contributed by atoms with E-state index in [0.717, 1.165) is 19.3 Å². The maximum absolute atomic E-state index is 12.1. The van der Waals surface area contributed by atoms with Crippen LogP contribution in [0.1, 0.15) is 33.1 Å². The first-order valence-electron chi connectivity index (χ1n) is 7.44. The van der Waals surface area contributed by atoms with Gasteiger partial charge in [-0.3, -0.25) is 4.79 Å². The number of amides is 1. The van der Waals surface area contributed by atoms with Gasteiger partial charge in [0.1, 0.15) is 0 Å². The van der Waals surface area contributed by atoms with Gasteiger partial charge in [-0.25, -0.2) is 13.1 Å². The van der Waals surface area contributed by atoms with Crippen molar-refractivity contribution in [3.63, 3.8) is 0 Å². The number of piperidine rings is 1. The molecule has 1 saturated heterocycles. The highest BCUT2D eigenvalue weighted by Crippen LogP contribution is 2.15. The highest BCUT2D eigenvalue weighted by molar-refractivity contribution is 7.89.